The van der Waals surface area contributed by atoms with Gasteiger partial charge in [0.1, 0.15) is 0 Å². The zero-order chi connectivity index (χ0) is 6.62. The Kier molecular flexibility index (Phi) is 3.27. The van der Waals surface area contributed by atoms with Gasteiger partial charge >= 0.3 is 10.0 Å². The van der Waals surface area contributed by atoms with Crippen LogP contribution in [0.3, 0.4) is 0 Å². The van der Waals surface area contributed by atoms with E-state index in [1.807, 2.05) is 20.8 Å². The van der Waals surface area contributed by atoms with Crippen LogP contribution in [-0.2, 0) is 4.43 Å². The average Bonchev–Trinajstić information content (AvgIpc) is 1.67. The second kappa shape index (κ2) is 3.22. The lowest BCUT2D eigenvalue weighted by atomic mass is 10.1. The van der Waals surface area contributed by atoms with E-state index in [-0.39, 0.29) is 5.60 Å². The van der Waals surface area contributed by atoms with Crippen LogP contribution >= 0.6 is 0 Å². The minimum Gasteiger partial charge on any atom is -0.415 e. The van der Waals surface area contributed by atoms with Crippen molar-refractivity contribution in [3.8, 4) is 0 Å². The Bertz CT molecular complexity index is 63.4. The monoisotopic (exact) mass is 134 g/mol. The van der Waals surface area contributed by atoms with Gasteiger partial charge in [0.25, 0.3) is 0 Å². The predicted octanol–water partition coefficient (Wildman–Crippen LogP) is 0.183. The molecule has 0 saturated heterocycles. The van der Waals surface area contributed by atoms with Crippen molar-refractivity contribution in [2.45, 2.75) is 32.8 Å². The second-order valence-electron chi connectivity index (χ2n) is 2.39. The first kappa shape index (κ1) is 8.14. The van der Waals surface area contributed by atoms with E-state index in [1.54, 1.807) is 0 Å². The molecule has 0 aromatic carbocycles. The van der Waals surface area contributed by atoms with Crippen LogP contribution in [0.25, 0.3) is 0 Å². The van der Waals surface area contributed by atoms with Crippen molar-refractivity contribution < 1.29 is 9.22 Å². The van der Waals surface area contributed by atoms with Crippen LogP contribution in [0.4, 0.5) is 0 Å². The molecule has 0 aliphatic carbocycles. The van der Waals surface area contributed by atoms with E-state index in [2.05, 4.69) is 0 Å². The third-order valence-corrected chi connectivity index (χ3v) is 2.22. The van der Waals surface area contributed by atoms with Gasteiger partial charge in [-0.3, -0.25) is 0 Å². The van der Waals surface area contributed by atoms with Crippen LogP contribution in [-0.4, -0.2) is 20.4 Å². The minimum absolute atomic E-state index is 0.0963. The van der Waals surface area contributed by atoms with Gasteiger partial charge in [-0.15, -0.1) is 0 Å². The molecule has 0 bridgehead atoms. The molecule has 0 rings (SSSR count). The molecule has 0 spiro atoms. The zero-order valence-corrected chi connectivity index (χ0v) is 7.18. The Balaban J connectivity index is 3.37. The van der Waals surface area contributed by atoms with Gasteiger partial charge in [0, 0.05) is 0 Å². The van der Waals surface area contributed by atoms with E-state index >= 15 is 0 Å². The summed E-state index contributed by atoms with van der Waals surface area (Å²) in [5.41, 5.74) is -0.0963. The molecular formula is C5H14O2Si. The Hall–Kier alpha value is 0.137. The van der Waals surface area contributed by atoms with Crippen LogP contribution in [0, 0.1) is 0 Å². The molecule has 8 heavy (non-hydrogen) atoms. The van der Waals surface area contributed by atoms with Crippen molar-refractivity contribution in [3.63, 3.8) is 0 Å². The summed E-state index contributed by atoms with van der Waals surface area (Å²) in [7, 11) is -1.20. The van der Waals surface area contributed by atoms with Gasteiger partial charge < -0.3 is 9.22 Å². The van der Waals surface area contributed by atoms with Crippen molar-refractivity contribution in [3.05, 3.63) is 0 Å². The lowest BCUT2D eigenvalue weighted by Crippen LogP contribution is -2.24. The fourth-order valence-electron chi connectivity index (χ4n) is 0.277. The average molecular weight is 134 g/mol. The molecule has 3 heteroatoms. The largest absolute Gasteiger partial charge is 0.415 e. The van der Waals surface area contributed by atoms with E-state index in [4.69, 9.17) is 9.22 Å². The Morgan fingerprint density at radius 3 is 2.25 bits per heavy atom. The number of hydrogen-bond acceptors (Lipinski definition) is 2. The summed E-state index contributed by atoms with van der Waals surface area (Å²) in [4.78, 5) is 8.45. The lowest BCUT2D eigenvalue weighted by Gasteiger charge is -2.21. The van der Waals surface area contributed by atoms with Gasteiger partial charge in [-0.25, -0.2) is 0 Å². The van der Waals surface area contributed by atoms with Gasteiger partial charge in [-0.05, 0) is 20.3 Å². The molecule has 0 aliphatic heterocycles. The molecule has 0 unspecified atom stereocenters. The zero-order valence-electron chi connectivity index (χ0n) is 5.77. The predicted molar refractivity (Wildman–Crippen MR) is 36.2 cm³/mol. The SMILES string of the molecule is CCC(C)(C)O[SiH2]O. The lowest BCUT2D eigenvalue weighted by molar-refractivity contribution is 0.0916. The van der Waals surface area contributed by atoms with E-state index < -0.39 is 10.0 Å². The maximum absolute atomic E-state index is 8.45. The van der Waals surface area contributed by atoms with Crippen LogP contribution in [0.15, 0.2) is 0 Å². The van der Waals surface area contributed by atoms with E-state index in [0.29, 0.717) is 0 Å². The molecule has 0 radical (unpaired) electrons. The standard InChI is InChI=1S/C5H14O2Si/c1-4-5(2,3)7-8-6/h6H,4,8H2,1-3H3. The van der Waals surface area contributed by atoms with Gasteiger partial charge in [0.2, 0.25) is 0 Å². The Labute approximate surface area is 52.9 Å². The summed E-state index contributed by atoms with van der Waals surface area (Å²) in [6.45, 7) is 6.01. The van der Waals surface area contributed by atoms with Gasteiger partial charge in [-0.1, -0.05) is 6.92 Å². The smallest absolute Gasteiger partial charge is 0.302 e. The molecule has 0 aromatic rings. The Morgan fingerprint density at radius 2 is 2.12 bits per heavy atom. The molecule has 0 heterocycles. The normalized spacial score (nSPS) is 13.5. The fraction of sp³-hybridized carbons (Fsp3) is 1.00. The van der Waals surface area contributed by atoms with Gasteiger partial charge in [0.15, 0.2) is 0 Å². The third kappa shape index (κ3) is 3.18. The van der Waals surface area contributed by atoms with Crippen molar-refractivity contribution in [1.82, 2.24) is 0 Å². The maximum atomic E-state index is 8.45. The highest BCUT2D eigenvalue weighted by Gasteiger charge is 2.12. The molecule has 1 N–H and O–H groups in total. The van der Waals surface area contributed by atoms with E-state index in [1.165, 1.54) is 0 Å². The van der Waals surface area contributed by atoms with E-state index in [0.717, 1.165) is 6.42 Å². The molecule has 2 nitrogen and oxygen atoms in total. The van der Waals surface area contributed by atoms with Crippen LogP contribution < -0.4 is 0 Å². The van der Waals surface area contributed by atoms with Crippen molar-refractivity contribution >= 4 is 10.0 Å². The number of hydrogen-bond donors (Lipinski definition) is 1. The summed E-state index contributed by atoms with van der Waals surface area (Å²) >= 11 is 0. The highest BCUT2D eigenvalue weighted by Crippen LogP contribution is 2.10. The molecule has 50 valence electrons. The molecule has 0 aromatic heterocycles. The van der Waals surface area contributed by atoms with Crippen molar-refractivity contribution in [2.75, 3.05) is 0 Å². The molecule has 0 amide bonds. The molecule has 0 aliphatic rings. The first-order chi connectivity index (χ1) is 3.62. The quantitative estimate of drug-likeness (QED) is 0.558. The molecule has 0 atom stereocenters. The summed E-state index contributed by atoms with van der Waals surface area (Å²) in [5.74, 6) is 0. The first-order valence-corrected chi connectivity index (χ1v) is 4.08. The van der Waals surface area contributed by atoms with Crippen LogP contribution in [0.1, 0.15) is 27.2 Å². The minimum atomic E-state index is -1.20. The topological polar surface area (TPSA) is 29.5 Å². The highest BCUT2D eigenvalue weighted by molar-refractivity contribution is 6.16. The third-order valence-electron chi connectivity index (χ3n) is 1.31. The summed E-state index contributed by atoms with van der Waals surface area (Å²) in [6.07, 6.45) is 0.959. The van der Waals surface area contributed by atoms with Crippen molar-refractivity contribution in [1.29, 1.82) is 0 Å². The summed E-state index contributed by atoms with van der Waals surface area (Å²) < 4.78 is 5.07. The first-order valence-electron chi connectivity index (χ1n) is 2.87. The highest BCUT2D eigenvalue weighted by atomic mass is 28.2. The second-order valence-corrected chi connectivity index (χ2v) is 2.93. The van der Waals surface area contributed by atoms with Crippen molar-refractivity contribution in [2.24, 2.45) is 0 Å². The van der Waals surface area contributed by atoms with E-state index in [9.17, 15) is 0 Å². The summed E-state index contributed by atoms with van der Waals surface area (Å²) in [6, 6.07) is 0. The van der Waals surface area contributed by atoms with Crippen LogP contribution in [0.5, 0.6) is 0 Å². The number of rotatable bonds is 3. The summed E-state index contributed by atoms with van der Waals surface area (Å²) in [5, 5.41) is 0. The molecule has 0 fully saturated rings. The van der Waals surface area contributed by atoms with Crippen LogP contribution in [0.2, 0.25) is 0 Å². The van der Waals surface area contributed by atoms with Gasteiger partial charge in [0.05, 0.1) is 5.60 Å². The maximum Gasteiger partial charge on any atom is 0.302 e. The molecule has 0 saturated carbocycles. The fourth-order valence-corrected chi connectivity index (χ4v) is 0.830. The Morgan fingerprint density at radius 1 is 1.62 bits per heavy atom. The van der Waals surface area contributed by atoms with Gasteiger partial charge in [-0.2, -0.15) is 0 Å². The molecular weight excluding hydrogens is 120 g/mol.